The minimum atomic E-state index is -3.64. The first-order chi connectivity index (χ1) is 13.5. The molecule has 2 aromatic carbocycles. The molecule has 28 heavy (non-hydrogen) atoms. The van der Waals surface area contributed by atoms with Crippen LogP contribution in [0.4, 0.5) is 0 Å². The van der Waals surface area contributed by atoms with Crippen LogP contribution in [0.3, 0.4) is 0 Å². The lowest BCUT2D eigenvalue weighted by Crippen LogP contribution is -2.50. The van der Waals surface area contributed by atoms with E-state index in [2.05, 4.69) is 0 Å². The first-order valence-electron chi connectivity index (χ1n) is 9.25. The average molecular weight is 402 g/mol. The summed E-state index contributed by atoms with van der Waals surface area (Å²) in [7, 11) is -3.64. The summed E-state index contributed by atoms with van der Waals surface area (Å²) in [5, 5.41) is 0. The van der Waals surface area contributed by atoms with Crippen LogP contribution in [-0.2, 0) is 21.2 Å². The van der Waals surface area contributed by atoms with Crippen molar-refractivity contribution in [2.45, 2.75) is 11.3 Å². The minimum absolute atomic E-state index is 0.0163. The summed E-state index contributed by atoms with van der Waals surface area (Å²) in [6.45, 7) is 2.18. The molecule has 0 atom stereocenters. The molecule has 0 saturated carbocycles. The highest BCUT2D eigenvalue weighted by atomic mass is 32.2. The number of piperazine rings is 1. The van der Waals surface area contributed by atoms with Gasteiger partial charge in [0.05, 0.1) is 11.3 Å². The molecule has 8 heteroatoms. The quantitative estimate of drug-likeness (QED) is 0.775. The van der Waals surface area contributed by atoms with Gasteiger partial charge in [0.25, 0.3) is 0 Å². The zero-order valence-corrected chi connectivity index (χ0v) is 16.2. The molecule has 0 spiro atoms. The van der Waals surface area contributed by atoms with E-state index < -0.39 is 10.0 Å². The van der Waals surface area contributed by atoms with Crippen LogP contribution in [0, 0.1) is 0 Å². The fraction of sp³-hybridized carbons (Fsp3) is 0.350. The van der Waals surface area contributed by atoms with Gasteiger partial charge in [-0.25, -0.2) is 8.42 Å². The SMILES string of the molecule is O=C(Cc1ccccc1)N1CCN(S(=O)(=O)c2ccc3c(c2)OCCO3)CC1. The van der Waals surface area contributed by atoms with Gasteiger partial charge in [-0.15, -0.1) is 0 Å². The number of nitrogens with zero attached hydrogens (tertiary/aromatic N) is 2. The molecular formula is C20H22N2O5S. The number of sulfonamides is 1. The lowest BCUT2D eigenvalue weighted by molar-refractivity contribution is -0.131. The first kappa shape index (κ1) is 18.8. The predicted octanol–water partition coefficient (Wildman–Crippen LogP) is 1.53. The Morgan fingerprint density at radius 3 is 2.29 bits per heavy atom. The lowest BCUT2D eigenvalue weighted by atomic mass is 10.1. The van der Waals surface area contributed by atoms with Crippen molar-refractivity contribution in [3.63, 3.8) is 0 Å². The summed E-state index contributed by atoms with van der Waals surface area (Å²) in [5.41, 5.74) is 0.957. The molecular weight excluding hydrogens is 380 g/mol. The van der Waals surface area contributed by atoms with E-state index in [-0.39, 0.29) is 23.9 Å². The monoisotopic (exact) mass is 402 g/mol. The van der Waals surface area contributed by atoms with Crippen molar-refractivity contribution in [2.24, 2.45) is 0 Å². The zero-order valence-electron chi connectivity index (χ0n) is 15.4. The fourth-order valence-electron chi connectivity index (χ4n) is 3.39. The van der Waals surface area contributed by atoms with Crippen LogP contribution in [0.15, 0.2) is 53.4 Å². The maximum Gasteiger partial charge on any atom is 0.243 e. The van der Waals surface area contributed by atoms with Crippen molar-refractivity contribution in [2.75, 3.05) is 39.4 Å². The number of fused-ring (bicyclic) bond motifs is 1. The zero-order chi connectivity index (χ0) is 19.6. The van der Waals surface area contributed by atoms with Crippen LogP contribution >= 0.6 is 0 Å². The molecule has 0 unspecified atom stereocenters. The number of carbonyl (C=O) groups is 1. The van der Waals surface area contributed by atoms with Crippen molar-refractivity contribution in [1.82, 2.24) is 9.21 Å². The van der Waals surface area contributed by atoms with E-state index in [0.717, 1.165) is 5.56 Å². The summed E-state index contributed by atoms with van der Waals surface area (Å²) in [4.78, 5) is 14.4. The van der Waals surface area contributed by atoms with Gasteiger partial charge in [-0.2, -0.15) is 4.31 Å². The van der Waals surface area contributed by atoms with Crippen LogP contribution < -0.4 is 9.47 Å². The van der Waals surface area contributed by atoms with Crippen molar-refractivity contribution in [1.29, 1.82) is 0 Å². The minimum Gasteiger partial charge on any atom is -0.486 e. The van der Waals surface area contributed by atoms with Crippen molar-refractivity contribution in [3.8, 4) is 11.5 Å². The van der Waals surface area contributed by atoms with E-state index in [0.29, 0.717) is 44.2 Å². The molecule has 2 heterocycles. The van der Waals surface area contributed by atoms with Crippen LogP contribution in [0.1, 0.15) is 5.56 Å². The van der Waals surface area contributed by atoms with Crippen molar-refractivity contribution in [3.05, 3.63) is 54.1 Å². The second kappa shape index (κ2) is 7.81. The standard InChI is InChI=1S/C20H22N2O5S/c23-20(14-16-4-2-1-3-5-16)21-8-10-22(11-9-21)28(24,25)17-6-7-18-19(15-17)27-13-12-26-18/h1-7,15H,8-14H2. The van der Waals surface area contributed by atoms with Crippen molar-refractivity contribution < 1.29 is 22.7 Å². The molecule has 4 rings (SSSR count). The molecule has 2 aromatic rings. The molecule has 7 nitrogen and oxygen atoms in total. The number of amides is 1. The van der Waals surface area contributed by atoms with Gasteiger partial charge in [0.15, 0.2) is 11.5 Å². The summed E-state index contributed by atoms with van der Waals surface area (Å²) < 4.78 is 38.3. The largest absolute Gasteiger partial charge is 0.486 e. The van der Waals surface area contributed by atoms with E-state index in [1.807, 2.05) is 30.3 Å². The Morgan fingerprint density at radius 2 is 1.57 bits per heavy atom. The second-order valence-corrected chi connectivity index (χ2v) is 8.69. The highest BCUT2D eigenvalue weighted by molar-refractivity contribution is 7.89. The van der Waals surface area contributed by atoms with E-state index >= 15 is 0 Å². The number of rotatable bonds is 4. The summed E-state index contributed by atoms with van der Waals surface area (Å²) in [6.07, 6.45) is 0.329. The van der Waals surface area contributed by atoms with Crippen LogP contribution in [-0.4, -0.2) is 62.9 Å². The Morgan fingerprint density at radius 1 is 0.893 bits per heavy atom. The molecule has 1 fully saturated rings. The number of hydrogen-bond donors (Lipinski definition) is 0. The van der Waals surface area contributed by atoms with Gasteiger partial charge in [-0.05, 0) is 17.7 Å². The Bertz CT molecular complexity index is 954. The van der Waals surface area contributed by atoms with Gasteiger partial charge < -0.3 is 14.4 Å². The van der Waals surface area contributed by atoms with E-state index in [1.54, 1.807) is 11.0 Å². The third-order valence-corrected chi connectivity index (χ3v) is 6.84. The van der Waals surface area contributed by atoms with Gasteiger partial charge >= 0.3 is 0 Å². The number of ether oxygens (including phenoxy) is 2. The molecule has 0 radical (unpaired) electrons. The fourth-order valence-corrected chi connectivity index (χ4v) is 4.83. The Hall–Kier alpha value is -2.58. The van der Waals surface area contributed by atoms with Crippen LogP contribution in [0.2, 0.25) is 0 Å². The molecule has 0 aromatic heterocycles. The molecule has 2 aliphatic rings. The third kappa shape index (κ3) is 3.83. The maximum atomic E-state index is 13.0. The van der Waals surface area contributed by atoms with Gasteiger partial charge in [0.1, 0.15) is 13.2 Å². The highest BCUT2D eigenvalue weighted by Crippen LogP contribution is 2.33. The molecule has 0 aliphatic carbocycles. The third-order valence-electron chi connectivity index (χ3n) is 4.94. The molecule has 148 valence electrons. The van der Waals surface area contributed by atoms with Crippen LogP contribution in [0.5, 0.6) is 11.5 Å². The van der Waals surface area contributed by atoms with Gasteiger partial charge in [0, 0.05) is 32.2 Å². The Balaban J connectivity index is 1.41. The number of benzene rings is 2. The predicted molar refractivity (Wildman–Crippen MR) is 103 cm³/mol. The van der Waals surface area contributed by atoms with Gasteiger partial charge in [-0.3, -0.25) is 4.79 Å². The lowest BCUT2D eigenvalue weighted by Gasteiger charge is -2.34. The number of hydrogen-bond acceptors (Lipinski definition) is 5. The summed E-state index contributed by atoms with van der Waals surface area (Å²) >= 11 is 0. The smallest absolute Gasteiger partial charge is 0.243 e. The van der Waals surface area contributed by atoms with Crippen molar-refractivity contribution >= 4 is 15.9 Å². The molecule has 1 saturated heterocycles. The second-order valence-electron chi connectivity index (χ2n) is 6.75. The molecule has 0 bridgehead atoms. The first-order valence-corrected chi connectivity index (χ1v) is 10.7. The maximum absolute atomic E-state index is 13.0. The number of carbonyl (C=O) groups excluding carboxylic acids is 1. The molecule has 1 amide bonds. The van der Waals surface area contributed by atoms with E-state index in [9.17, 15) is 13.2 Å². The van der Waals surface area contributed by atoms with E-state index in [4.69, 9.17) is 9.47 Å². The molecule has 2 aliphatic heterocycles. The summed E-state index contributed by atoms with van der Waals surface area (Å²) in [6, 6.07) is 14.2. The Labute approximate surface area is 164 Å². The topological polar surface area (TPSA) is 76.2 Å². The Kier molecular flexibility index (Phi) is 5.23. The highest BCUT2D eigenvalue weighted by Gasteiger charge is 2.31. The summed E-state index contributed by atoms with van der Waals surface area (Å²) in [5.74, 6) is 1.02. The van der Waals surface area contributed by atoms with Gasteiger partial charge in [0.2, 0.25) is 15.9 Å². The normalized spacial score (nSPS) is 17.4. The van der Waals surface area contributed by atoms with E-state index in [1.165, 1.54) is 16.4 Å². The average Bonchev–Trinajstić information content (AvgIpc) is 2.74. The molecule has 0 N–H and O–H groups in total. The van der Waals surface area contributed by atoms with Crippen LogP contribution in [0.25, 0.3) is 0 Å². The van der Waals surface area contributed by atoms with Gasteiger partial charge in [-0.1, -0.05) is 30.3 Å².